The first kappa shape index (κ1) is 19.8. The molecule has 0 bridgehead atoms. The molecule has 0 aliphatic carbocycles. The van der Waals surface area contributed by atoms with Crippen molar-refractivity contribution in [3.8, 4) is 11.3 Å². The van der Waals surface area contributed by atoms with Crippen LogP contribution >= 0.6 is 0 Å². The van der Waals surface area contributed by atoms with Crippen LogP contribution in [0.1, 0.15) is 13.8 Å². The molecule has 2 aromatic carbocycles. The van der Waals surface area contributed by atoms with Gasteiger partial charge in [0.1, 0.15) is 0 Å². The van der Waals surface area contributed by atoms with Crippen LogP contribution in [0.15, 0.2) is 72.6 Å². The summed E-state index contributed by atoms with van der Waals surface area (Å²) in [5, 5.41) is 10.7. The average molecular weight is 497 g/mol. The van der Waals surface area contributed by atoms with Gasteiger partial charge in [0.15, 0.2) is 5.78 Å². The second-order valence-electron chi connectivity index (χ2n) is 5.05. The van der Waals surface area contributed by atoms with Crippen molar-refractivity contribution in [2.24, 2.45) is 0 Å². The Bertz CT molecular complexity index is 820. The largest absolute Gasteiger partial charge is 0.512 e. The van der Waals surface area contributed by atoms with Gasteiger partial charge in [0, 0.05) is 38.1 Å². The smallest absolute Gasteiger partial charge is 0.155 e. The number of aliphatic hydroxyl groups excluding tert-OH is 1. The number of hydrogen-bond acceptors (Lipinski definition) is 3. The van der Waals surface area contributed by atoms with Crippen LogP contribution in [0.3, 0.4) is 0 Å². The van der Waals surface area contributed by atoms with Crippen molar-refractivity contribution < 1.29 is 30.0 Å². The molecular formula is C20H18IrNO2-. The van der Waals surface area contributed by atoms with Crippen LogP contribution in [0.25, 0.3) is 22.0 Å². The summed E-state index contributed by atoms with van der Waals surface area (Å²) in [6.45, 7) is 2.85. The van der Waals surface area contributed by atoms with Gasteiger partial charge in [0.2, 0.25) is 0 Å². The number of aromatic nitrogens is 1. The second-order valence-corrected chi connectivity index (χ2v) is 5.05. The van der Waals surface area contributed by atoms with Gasteiger partial charge in [-0.1, -0.05) is 29.8 Å². The quantitative estimate of drug-likeness (QED) is 0.317. The summed E-state index contributed by atoms with van der Waals surface area (Å²) in [7, 11) is 0. The number of carbonyl (C=O) groups excluding carboxylic acids is 1. The van der Waals surface area contributed by atoms with Gasteiger partial charge >= 0.3 is 0 Å². The third-order valence-corrected chi connectivity index (χ3v) is 3.05. The zero-order chi connectivity index (χ0) is 16.7. The van der Waals surface area contributed by atoms with Crippen molar-refractivity contribution in [3.05, 3.63) is 78.7 Å². The molecule has 0 saturated heterocycles. The first-order chi connectivity index (χ1) is 11.1. The molecule has 0 aliphatic rings. The fourth-order valence-corrected chi connectivity index (χ4v) is 2.18. The molecule has 0 saturated carbocycles. The van der Waals surface area contributed by atoms with E-state index in [9.17, 15) is 4.79 Å². The number of benzene rings is 2. The second kappa shape index (κ2) is 9.76. The van der Waals surface area contributed by atoms with E-state index in [-0.39, 0.29) is 31.6 Å². The summed E-state index contributed by atoms with van der Waals surface area (Å²) in [5.74, 6) is -0.0625. The van der Waals surface area contributed by atoms with E-state index in [0.717, 1.165) is 16.6 Å². The minimum absolute atomic E-state index is 0. The van der Waals surface area contributed by atoms with Gasteiger partial charge in [0.05, 0.1) is 5.76 Å². The first-order valence-electron chi connectivity index (χ1n) is 7.26. The number of nitrogens with zero attached hydrogens (tertiary/aromatic N) is 1. The maximum atomic E-state index is 10.0. The fraction of sp³-hybridized carbons (Fsp3) is 0.100. The third-order valence-electron chi connectivity index (χ3n) is 3.05. The number of allylic oxidation sites excluding steroid dienone is 2. The number of fused-ring (bicyclic) bond motifs is 1. The minimum atomic E-state index is -0.125. The number of pyridine rings is 1. The molecule has 4 heteroatoms. The molecule has 0 amide bonds. The minimum Gasteiger partial charge on any atom is -0.512 e. The van der Waals surface area contributed by atoms with Crippen molar-refractivity contribution in [1.29, 1.82) is 0 Å². The van der Waals surface area contributed by atoms with Crippen LogP contribution < -0.4 is 0 Å². The van der Waals surface area contributed by atoms with Gasteiger partial charge in [-0.05, 0) is 26.0 Å². The van der Waals surface area contributed by atoms with Crippen molar-refractivity contribution in [1.82, 2.24) is 4.98 Å². The number of hydrogen-bond donors (Lipinski definition) is 1. The Balaban J connectivity index is 0.000000312. The van der Waals surface area contributed by atoms with Crippen molar-refractivity contribution in [2.45, 2.75) is 13.8 Å². The summed E-state index contributed by atoms with van der Waals surface area (Å²) in [4.78, 5) is 14.4. The SMILES string of the molecule is CC(=O)/C=C(/C)O.[Ir].[c-]1cccc2cccc(-c3ccccn3)c12. The molecule has 0 unspecified atom stereocenters. The molecule has 1 radical (unpaired) electrons. The van der Waals surface area contributed by atoms with Gasteiger partial charge in [0.25, 0.3) is 0 Å². The Kier molecular flexibility index (Phi) is 8.03. The van der Waals surface area contributed by atoms with Gasteiger partial charge in [-0.3, -0.25) is 9.78 Å². The number of rotatable bonds is 2. The standard InChI is InChI=1S/C15H10N.C5H8O2.Ir/c1-2-8-13-12(6-1)7-5-9-14(13)15-10-3-4-11-16-15;1-4(6)3-5(2)7;/h1-7,9-11H;3,6H,1-2H3;/q-1;;/b;4-3-;. The Hall–Kier alpha value is -2.29. The van der Waals surface area contributed by atoms with Crippen LogP contribution in [0, 0.1) is 6.07 Å². The fourth-order valence-electron chi connectivity index (χ4n) is 2.18. The Labute approximate surface area is 155 Å². The van der Waals surface area contributed by atoms with Crippen molar-refractivity contribution >= 4 is 16.6 Å². The molecule has 3 rings (SSSR count). The molecule has 1 N–H and O–H groups in total. The zero-order valence-corrected chi connectivity index (χ0v) is 15.9. The Morgan fingerprint density at radius 1 is 1.08 bits per heavy atom. The maximum Gasteiger partial charge on any atom is 0.155 e. The van der Waals surface area contributed by atoms with E-state index < -0.39 is 0 Å². The Morgan fingerprint density at radius 3 is 2.42 bits per heavy atom. The predicted molar refractivity (Wildman–Crippen MR) is 93.1 cm³/mol. The van der Waals surface area contributed by atoms with Crippen LogP contribution in [0.4, 0.5) is 0 Å². The van der Waals surface area contributed by atoms with Gasteiger partial charge in [-0.2, -0.15) is 0 Å². The van der Waals surface area contributed by atoms with Gasteiger partial charge in [-0.15, -0.1) is 35.0 Å². The summed E-state index contributed by atoms with van der Waals surface area (Å²) >= 11 is 0. The average Bonchev–Trinajstić information content (AvgIpc) is 2.54. The molecular weight excluding hydrogens is 478 g/mol. The molecule has 1 aromatic heterocycles. The molecule has 0 atom stereocenters. The molecule has 3 nitrogen and oxygen atoms in total. The van der Waals surface area contributed by atoms with E-state index in [1.165, 1.54) is 25.3 Å². The predicted octanol–water partition coefficient (Wildman–Crippen LogP) is 4.74. The van der Waals surface area contributed by atoms with E-state index in [0.29, 0.717) is 0 Å². The van der Waals surface area contributed by atoms with Crippen molar-refractivity contribution in [3.63, 3.8) is 0 Å². The van der Waals surface area contributed by atoms with Crippen LogP contribution in [0.5, 0.6) is 0 Å². The van der Waals surface area contributed by atoms with E-state index in [2.05, 4.69) is 35.3 Å². The van der Waals surface area contributed by atoms with E-state index in [4.69, 9.17) is 5.11 Å². The molecule has 0 fully saturated rings. The summed E-state index contributed by atoms with van der Waals surface area (Å²) in [6.07, 6.45) is 2.98. The number of carbonyl (C=O) groups is 1. The van der Waals surface area contributed by atoms with E-state index in [1.54, 1.807) is 0 Å². The third kappa shape index (κ3) is 5.73. The van der Waals surface area contributed by atoms with Gasteiger partial charge < -0.3 is 5.11 Å². The number of aliphatic hydroxyl groups is 1. The summed E-state index contributed by atoms with van der Waals surface area (Å²) < 4.78 is 0. The number of ketones is 1. The van der Waals surface area contributed by atoms with E-state index >= 15 is 0 Å². The monoisotopic (exact) mass is 497 g/mol. The topological polar surface area (TPSA) is 50.2 Å². The Morgan fingerprint density at radius 2 is 1.83 bits per heavy atom. The molecule has 1 heterocycles. The normalized spacial score (nSPS) is 10.3. The van der Waals surface area contributed by atoms with Crippen molar-refractivity contribution in [2.75, 3.05) is 0 Å². The van der Waals surface area contributed by atoms with Crippen LogP contribution in [-0.2, 0) is 24.9 Å². The zero-order valence-electron chi connectivity index (χ0n) is 13.5. The molecule has 0 spiro atoms. The van der Waals surface area contributed by atoms with Gasteiger partial charge in [-0.25, -0.2) is 0 Å². The maximum absolute atomic E-state index is 10.0. The summed E-state index contributed by atoms with van der Waals surface area (Å²) in [5.41, 5.74) is 2.13. The molecule has 125 valence electrons. The molecule has 24 heavy (non-hydrogen) atoms. The molecule has 0 aliphatic heterocycles. The van der Waals surface area contributed by atoms with Crippen LogP contribution in [0.2, 0.25) is 0 Å². The van der Waals surface area contributed by atoms with E-state index in [1.807, 2.05) is 36.5 Å². The molecule has 3 aromatic rings. The summed E-state index contributed by atoms with van der Waals surface area (Å²) in [6, 6.07) is 21.5. The van der Waals surface area contributed by atoms with Crippen LogP contribution in [-0.4, -0.2) is 15.9 Å². The first-order valence-corrected chi connectivity index (χ1v) is 7.26.